The van der Waals surface area contributed by atoms with Gasteiger partial charge in [0.2, 0.25) is 0 Å². The number of fused-ring (bicyclic) bond motifs is 1. The lowest BCUT2D eigenvalue weighted by molar-refractivity contribution is 0.0925. The van der Waals surface area contributed by atoms with Crippen LogP contribution in [0.1, 0.15) is 34.5 Å². The topological polar surface area (TPSA) is 42.2 Å². The Labute approximate surface area is 130 Å². The maximum absolute atomic E-state index is 12.4. The minimum Gasteiger partial charge on any atom is -0.451 e. The van der Waals surface area contributed by atoms with Crippen LogP contribution in [0.4, 0.5) is 0 Å². The van der Waals surface area contributed by atoms with Crippen LogP contribution in [-0.2, 0) is 0 Å². The lowest BCUT2D eigenvalue weighted by Crippen LogP contribution is -2.27. The van der Waals surface area contributed by atoms with Crippen LogP contribution in [0.15, 0.2) is 59.0 Å². The Morgan fingerprint density at radius 1 is 1.09 bits per heavy atom. The molecule has 1 aromatic heterocycles. The molecule has 0 radical (unpaired) electrons. The molecule has 0 aliphatic rings. The zero-order valence-corrected chi connectivity index (χ0v) is 12.8. The number of aryl methyl sites for hydroxylation is 1. The third-order valence-electron chi connectivity index (χ3n) is 3.99. The van der Waals surface area contributed by atoms with E-state index in [1.165, 1.54) is 5.56 Å². The van der Waals surface area contributed by atoms with Crippen molar-refractivity contribution in [3.8, 4) is 0 Å². The number of hydrogen-bond acceptors (Lipinski definition) is 2. The molecule has 0 saturated carbocycles. The molecule has 112 valence electrons. The number of rotatable bonds is 4. The van der Waals surface area contributed by atoms with Crippen LogP contribution < -0.4 is 5.32 Å². The van der Waals surface area contributed by atoms with Crippen LogP contribution in [0.3, 0.4) is 0 Å². The number of amides is 1. The maximum Gasteiger partial charge on any atom is 0.287 e. The molecule has 22 heavy (non-hydrogen) atoms. The van der Waals surface area contributed by atoms with Gasteiger partial charge in [0, 0.05) is 17.5 Å². The van der Waals surface area contributed by atoms with E-state index in [4.69, 9.17) is 4.42 Å². The first-order valence-electron chi connectivity index (χ1n) is 7.48. The molecule has 0 bridgehead atoms. The summed E-state index contributed by atoms with van der Waals surface area (Å²) in [5.74, 6) is 0.507. The van der Waals surface area contributed by atoms with E-state index in [2.05, 4.69) is 24.4 Å². The van der Waals surface area contributed by atoms with E-state index in [1.807, 2.05) is 49.4 Å². The SMILES string of the molecule is Cc1c(C(=O)NC[C@H](C)c2ccccc2)oc2ccccc12. The summed E-state index contributed by atoms with van der Waals surface area (Å²) in [4.78, 5) is 12.4. The third-order valence-corrected chi connectivity index (χ3v) is 3.99. The van der Waals surface area contributed by atoms with Gasteiger partial charge in [0.25, 0.3) is 5.91 Å². The summed E-state index contributed by atoms with van der Waals surface area (Å²) in [6.45, 7) is 4.60. The fraction of sp³-hybridized carbons (Fsp3) is 0.211. The highest BCUT2D eigenvalue weighted by molar-refractivity contribution is 5.98. The Bertz CT molecular complexity index is 790. The lowest BCUT2D eigenvalue weighted by atomic mass is 10.0. The van der Waals surface area contributed by atoms with Gasteiger partial charge in [-0.2, -0.15) is 0 Å². The first kappa shape index (κ1) is 14.4. The molecule has 1 atom stereocenters. The second-order valence-electron chi connectivity index (χ2n) is 5.57. The van der Waals surface area contributed by atoms with E-state index in [1.54, 1.807) is 0 Å². The van der Waals surface area contributed by atoms with E-state index in [-0.39, 0.29) is 11.8 Å². The first-order chi connectivity index (χ1) is 10.7. The molecular weight excluding hydrogens is 274 g/mol. The monoisotopic (exact) mass is 293 g/mol. The van der Waals surface area contributed by atoms with Gasteiger partial charge in [0.15, 0.2) is 5.76 Å². The highest BCUT2D eigenvalue weighted by Gasteiger charge is 2.17. The second kappa shape index (κ2) is 6.06. The molecule has 2 aromatic carbocycles. The van der Waals surface area contributed by atoms with Crippen molar-refractivity contribution < 1.29 is 9.21 Å². The average Bonchev–Trinajstić information content (AvgIpc) is 2.90. The largest absolute Gasteiger partial charge is 0.451 e. The van der Waals surface area contributed by atoms with Crippen LogP contribution in [0, 0.1) is 6.92 Å². The Kier molecular flexibility index (Phi) is 3.96. The Hall–Kier alpha value is -2.55. The maximum atomic E-state index is 12.4. The minimum atomic E-state index is -0.156. The van der Waals surface area contributed by atoms with E-state index in [0.29, 0.717) is 12.3 Å². The number of hydrogen-bond donors (Lipinski definition) is 1. The smallest absolute Gasteiger partial charge is 0.287 e. The van der Waals surface area contributed by atoms with Crippen LogP contribution in [0.25, 0.3) is 11.0 Å². The highest BCUT2D eigenvalue weighted by atomic mass is 16.3. The van der Waals surface area contributed by atoms with Gasteiger partial charge in [-0.15, -0.1) is 0 Å². The van der Waals surface area contributed by atoms with Crippen molar-refractivity contribution in [3.63, 3.8) is 0 Å². The first-order valence-corrected chi connectivity index (χ1v) is 7.48. The third kappa shape index (κ3) is 2.75. The Morgan fingerprint density at radius 2 is 1.77 bits per heavy atom. The van der Waals surface area contributed by atoms with Crippen molar-refractivity contribution in [1.29, 1.82) is 0 Å². The predicted molar refractivity (Wildman–Crippen MR) is 88.1 cm³/mol. The van der Waals surface area contributed by atoms with Crippen molar-refractivity contribution in [2.24, 2.45) is 0 Å². The molecule has 3 heteroatoms. The fourth-order valence-electron chi connectivity index (χ4n) is 2.62. The molecule has 1 amide bonds. The van der Waals surface area contributed by atoms with Gasteiger partial charge in [0.05, 0.1) is 0 Å². The van der Waals surface area contributed by atoms with Gasteiger partial charge in [-0.1, -0.05) is 55.5 Å². The molecule has 1 heterocycles. The van der Waals surface area contributed by atoms with Crippen molar-refractivity contribution in [2.75, 3.05) is 6.54 Å². The number of furan rings is 1. The number of para-hydroxylation sites is 1. The number of nitrogens with one attached hydrogen (secondary N) is 1. The molecule has 0 aliphatic carbocycles. The van der Waals surface area contributed by atoms with Crippen molar-refractivity contribution in [3.05, 3.63) is 71.5 Å². The van der Waals surface area contributed by atoms with Crippen LogP contribution in [0.2, 0.25) is 0 Å². The molecule has 3 rings (SSSR count). The summed E-state index contributed by atoms with van der Waals surface area (Å²) in [5, 5.41) is 3.96. The van der Waals surface area contributed by atoms with Gasteiger partial charge in [-0.25, -0.2) is 0 Å². The van der Waals surface area contributed by atoms with Gasteiger partial charge < -0.3 is 9.73 Å². The van der Waals surface area contributed by atoms with Crippen molar-refractivity contribution >= 4 is 16.9 Å². The van der Waals surface area contributed by atoms with Gasteiger partial charge in [0.1, 0.15) is 5.58 Å². The van der Waals surface area contributed by atoms with Crippen molar-refractivity contribution in [1.82, 2.24) is 5.32 Å². The number of carbonyl (C=O) groups excluding carboxylic acids is 1. The van der Waals surface area contributed by atoms with E-state index in [9.17, 15) is 4.79 Å². The Balaban J connectivity index is 1.72. The lowest BCUT2D eigenvalue weighted by Gasteiger charge is -2.12. The summed E-state index contributed by atoms with van der Waals surface area (Å²) >= 11 is 0. The molecular formula is C19H19NO2. The molecule has 3 nitrogen and oxygen atoms in total. The summed E-state index contributed by atoms with van der Waals surface area (Å²) in [7, 11) is 0. The van der Waals surface area contributed by atoms with Gasteiger partial charge >= 0.3 is 0 Å². The summed E-state index contributed by atoms with van der Waals surface area (Å²) in [5.41, 5.74) is 2.85. The summed E-state index contributed by atoms with van der Waals surface area (Å²) < 4.78 is 5.69. The normalized spacial score (nSPS) is 12.3. The molecule has 0 saturated heterocycles. The van der Waals surface area contributed by atoms with E-state index in [0.717, 1.165) is 16.5 Å². The summed E-state index contributed by atoms with van der Waals surface area (Å²) in [6, 6.07) is 17.9. The van der Waals surface area contributed by atoms with E-state index >= 15 is 0 Å². The van der Waals surface area contributed by atoms with Crippen LogP contribution in [0.5, 0.6) is 0 Å². The van der Waals surface area contributed by atoms with Crippen LogP contribution >= 0.6 is 0 Å². The summed E-state index contributed by atoms with van der Waals surface area (Å²) in [6.07, 6.45) is 0. The predicted octanol–water partition coefficient (Wildman–Crippen LogP) is 4.27. The zero-order valence-electron chi connectivity index (χ0n) is 12.8. The molecule has 3 aromatic rings. The molecule has 0 spiro atoms. The molecule has 0 unspecified atom stereocenters. The highest BCUT2D eigenvalue weighted by Crippen LogP contribution is 2.24. The zero-order chi connectivity index (χ0) is 15.5. The number of carbonyl (C=O) groups is 1. The minimum absolute atomic E-state index is 0.156. The molecule has 0 fully saturated rings. The quantitative estimate of drug-likeness (QED) is 0.780. The Morgan fingerprint density at radius 3 is 2.50 bits per heavy atom. The second-order valence-corrected chi connectivity index (χ2v) is 5.57. The van der Waals surface area contributed by atoms with Gasteiger partial charge in [-0.05, 0) is 24.5 Å². The molecule has 1 N–H and O–H groups in total. The van der Waals surface area contributed by atoms with Crippen molar-refractivity contribution in [2.45, 2.75) is 19.8 Å². The number of benzene rings is 2. The standard InChI is InChI=1S/C19H19NO2/c1-13(15-8-4-3-5-9-15)12-20-19(21)18-14(2)16-10-6-7-11-17(16)22-18/h3-11,13H,12H2,1-2H3,(H,20,21)/t13-/m0/s1. The van der Waals surface area contributed by atoms with Gasteiger partial charge in [-0.3, -0.25) is 4.79 Å². The van der Waals surface area contributed by atoms with E-state index < -0.39 is 0 Å². The fourth-order valence-corrected chi connectivity index (χ4v) is 2.62. The average molecular weight is 293 g/mol. The molecule has 0 aliphatic heterocycles. The van der Waals surface area contributed by atoms with Crippen LogP contribution in [-0.4, -0.2) is 12.5 Å².